The zero-order valence-electron chi connectivity index (χ0n) is 20.2. The first-order chi connectivity index (χ1) is 15.0. The van der Waals surface area contributed by atoms with E-state index in [1.54, 1.807) is 0 Å². The lowest BCUT2D eigenvalue weighted by molar-refractivity contribution is -0.147. The lowest BCUT2D eigenvalue weighted by atomic mass is 9.67. The number of fused-ring (bicyclic) bond motifs is 4. The van der Waals surface area contributed by atoms with E-state index in [1.165, 1.54) is 0 Å². The van der Waals surface area contributed by atoms with Crippen molar-refractivity contribution < 1.29 is 19.8 Å². The Morgan fingerprint density at radius 2 is 1.06 bits per heavy atom. The number of carbonyl (C=O) groups excluding carboxylic acids is 2. The largest absolute Gasteiger partial charge is 0.392 e. The van der Waals surface area contributed by atoms with Crippen molar-refractivity contribution in [2.24, 2.45) is 33.5 Å². The maximum absolute atomic E-state index is 13.7. The second kappa shape index (κ2) is 7.18. The molecule has 32 heavy (non-hydrogen) atoms. The Morgan fingerprint density at radius 3 is 1.34 bits per heavy atom. The standard InChI is InChI=1S/C26H42N2O4/c1-23(2)15-9-11-25(23,19(29)13-15)21(31)27-17-7-5-6-8-18(17)28-22(32)26-12-10-16(14-20(26)30)24(26,3)4/h15-20,29-30H,5-14H2,1-4H3,(H,27,31)(H,28,32)/t15?,16?,17-,18-,19+,20+,25?,26?/m0/s1. The maximum Gasteiger partial charge on any atom is 0.229 e. The third-order valence-corrected chi connectivity index (χ3v) is 11.5. The van der Waals surface area contributed by atoms with Crippen LogP contribution in [0, 0.1) is 33.5 Å². The van der Waals surface area contributed by atoms with E-state index in [1.807, 2.05) is 0 Å². The first kappa shape index (κ1) is 22.6. The van der Waals surface area contributed by atoms with Gasteiger partial charge in [-0.3, -0.25) is 9.59 Å². The second-order valence-electron chi connectivity index (χ2n) is 12.8. The molecule has 4 bridgehead atoms. The summed E-state index contributed by atoms with van der Waals surface area (Å²) in [6.45, 7) is 8.55. The summed E-state index contributed by atoms with van der Waals surface area (Å²) in [6, 6.07) is -0.236. The quantitative estimate of drug-likeness (QED) is 0.534. The summed E-state index contributed by atoms with van der Waals surface area (Å²) in [5, 5.41) is 28.3. The van der Waals surface area contributed by atoms with Crippen LogP contribution >= 0.6 is 0 Å². The SMILES string of the molecule is CC1(C)C2CCC1(C(=O)N[C@H]1CCCC[C@@H]1NC(=O)C13CCC(C[C@H]1O)C3(C)C)[C@H](O)C2. The number of nitrogens with one attached hydrogen (secondary N) is 2. The zero-order valence-corrected chi connectivity index (χ0v) is 20.2. The fourth-order valence-corrected chi connectivity index (χ4v) is 9.04. The zero-order chi connectivity index (χ0) is 23.1. The smallest absolute Gasteiger partial charge is 0.229 e. The fourth-order valence-electron chi connectivity index (χ4n) is 9.04. The average Bonchev–Trinajstić information content (AvgIpc) is 3.29. The van der Waals surface area contributed by atoms with Crippen molar-refractivity contribution in [1.82, 2.24) is 10.6 Å². The number of hydrogen-bond acceptors (Lipinski definition) is 4. The highest BCUT2D eigenvalue weighted by Crippen LogP contribution is 2.67. The van der Waals surface area contributed by atoms with Gasteiger partial charge in [-0.15, -0.1) is 0 Å². The normalized spacial score (nSPS) is 48.1. The van der Waals surface area contributed by atoms with E-state index in [0.717, 1.165) is 51.4 Å². The maximum atomic E-state index is 13.7. The van der Waals surface area contributed by atoms with Gasteiger partial charge in [-0.2, -0.15) is 0 Å². The third kappa shape index (κ3) is 2.65. The van der Waals surface area contributed by atoms with Crippen LogP contribution in [-0.4, -0.2) is 46.3 Å². The van der Waals surface area contributed by atoms with Gasteiger partial charge in [0.1, 0.15) is 0 Å². The molecule has 6 heteroatoms. The molecule has 5 aliphatic carbocycles. The molecule has 0 saturated heterocycles. The van der Waals surface area contributed by atoms with Gasteiger partial charge in [0.05, 0.1) is 23.0 Å². The van der Waals surface area contributed by atoms with Gasteiger partial charge in [-0.25, -0.2) is 0 Å². The Balaban J connectivity index is 1.33. The van der Waals surface area contributed by atoms with Gasteiger partial charge < -0.3 is 20.8 Å². The van der Waals surface area contributed by atoms with Gasteiger partial charge in [0, 0.05) is 12.1 Å². The summed E-state index contributed by atoms with van der Waals surface area (Å²) < 4.78 is 0. The van der Waals surface area contributed by atoms with E-state index >= 15 is 0 Å². The molecule has 0 aromatic carbocycles. The molecule has 0 heterocycles. The Labute approximate surface area is 192 Å². The minimum Gasteiger partial charge on any atom is -0.392 e. The van der Waals surface area contributed by atoms with Crippen LogP contribution in [0.15, 0.2) is 0 Å². The highest BCUT2D eigenvalue weighted by atomic mass is 16.3. The van der Waals surface area contributed by atoms with Gasteiger partial charge >= 0.3 is 0 Å². The van der Waals surface area contributed by atoms with Crippen molar-refractivity contribution in [1.29, 1.82) is 0 Å². The predicted octanol–water partition coefficient (Wildman–Crippen LogP) is 2.90. The molecule has 5 aliphatic rings. The molecule has 8 atom stereocenters. The molecule has 0 aromatic heterocycles. The predicted molar refractivity (Wildman–Crippen MR) is 121 cm³/mol. The summed E-state index contributed by atoms with van der Waals surface area (Å²) in [7, 11) is 0. The Kier molecular flexibility index (Phi) is 5.08. The molecular weight excluding hydrogens is 404 g/mol. The molecular formula is C26H42N2O4. The molecule has 5 saturated carbocycles. The molecule has 0 radical (unpaired) electrons. The highest BCUT2D eigenvalue weighted by molar-refractivity contribution is 5.87. The van der Waals surface area contributed by atoms with Gasteiger partial charge in [0.25, 0.3) is 0 Å². The number of hydrogen-bond donors (Lipinski definition) is 4. The van der Waals surface area contributed by atoms with Crippen LogP contribution < -0.4 is 10.6 Å². The first-order valence-corrected chi connectivity index (χ1v) is 13.0. The van der Waals surface area contributed by atoms with Crippen molar-refractivity contribution in [3.05, 3.63) is 0 Å². The molecule has 5 rings (SSSR count). The summed E-state index contributed by atoms with van der Waals surface area (Å²) in [5.41, 5.74) is -1.85. The third-order valence-electron chi connectivity index (χ3n) is 11.5. The molecule has 0 aliphatic heterocycles. The van der Waals surface area contributed by atoms with Crippen molar-refractivity contribution in [3.8, 4) is 0 Å². The van der Waals surface area contributed by atoms with Crippen LogP contribution in [-0.2, 0) is 9.59 Å². The topological polar surface area (TPSA) is 98.7 Å². The molecule has 4 unspecified atom stereocenters. The summed E-state index contributed by atoms with van der Waals surface area (Å²) >= 11 is 0. The van der Waals surface area contributed by atoms with Gasteiger partial charge in [-0.1, -0.05) is 40.5 Å². The molecule has 4 N–H and O–H groups in total. The van der Waals surface area contributed by atoms with E-state index in [9.17, 15) is 19.8 Å². The molecule has 0 spiro atoms. The van der Waals surface area contributed by atoms with E-state index in [0.29, 0.717) is 24.7 Å². The van der Waals surface area contributed by atoms with Crippen molar-refractivity contribution in [2.45, 2.75) is 116 Å². The first-order valence-electron chi connectivity index (χ1n) is 13.0. The Morgan fingerprint density at radius 1 is 0.688 bits per heavy atom. The van der Waals surface area contributed by atoms with Gasteiger partial charge in [0.2, 0.25) is 11.8 Å². The number of carbonyl (C=O) groups is 2. The van der Waals surface area contributed by atoms with Crippen LogP contribution in [0.3, 0.4) is 0 Å². The average molecular weight is 447 g/mol. The second-order valence-corrected chi connectivity index (χ2v) is 12.8. The minimum atomic E-state index is -0.718. The number of amides is 2. The van der Waals surface area contributed by atoms with Crippen LogP contribution in [0.1, 0.15) is 91.9 Å². The lowest BCUT2D eigenvalue weighted by Crippen LogP contribution is -2.61. The van der Waals surface area contributed by atoms with E-state index < -0.39 is 23.0 Å². The number of rotatable bonds is 4. The van der Waals surface area contributed by atoms with Crippen molar-refractivity contribution >= 4 is 11.8 Å². The highest BCUT2D eigenvalue weighted by Gasteiger charge is 2.69. The molecule has 180 valence electrons. The monoisotopic (exact) mass is 446 g/mol. The van der Waals surface area contributed by atoms with Crippen LogP contribution in [0.5, 0.6) is 0 Å². The lowest BCUT2D eigenvalue weighted by Gasteiger charge is -2.43. The Hall–Kier alpha value is -1.14. The Bertz CT molecular complexity index is 744. The summed E-state index contributed by atoms with van der Waals surface area (Å²) in [6.07, 6.45) is 7.47. The number of aliphatic hydroxyl groups excluding tert-OH is 2. The van der Waals surface area contributed by atoms with Gasteiger partial charge in [0.15, 0.2) is 0 Å². The van der Waals surface area contributed by atoms with E-state index in [-0.39, 0.29) is 34.7 Å². The summed E-state index contributed by atoms with van der Waals surface area (Å²) in [4.78, 5) is 27.3. The fraction of sp³-hybridized carbons (Fsp3) is 0.923. The van der Waals surface area contributed by atoms with Crippen LogP contribution in [0.4, 0.5) is 0 Å². The van der Waals surface area contributed by atoms with Crippen molar-refractivity contribution in [3.63, 3.8) is 0 Å². The van der Waals surface area contributed by atoms with Crippen LogP contribution in [0.25, 0.3) is 0 Å². The number of aliphatic hydroxyl groups is 2. The van der Waals surface area contributed by atoms with E-state index in [2.05, 4.69) is 38.3 Å². The van der Waals surface area contributed by atoms with Gasteiger partial charge in [-0.05, 0) is 74.0 Å². The van der Waals surface area contributed by atoms with Crippen LogP contribution in [0.2, 0.25) is 0 Å². The minimum absolute atomic E-state index is 0.0264. The van der Waals surface area contributed by atoms with Crippen molar-refractivity contribution in [2.75, 3.05) is 0 Å². The summed E-state index contributed by atoms with van der Waals surface area (Å²) in [5.74, 6) is 0.735. The molecule has 0 aromatic rings. The molecule has 2 amide bonds. The molecule has 6 nitrogen and oxygen atoms in total. The molecule has 5 fully saturated rings. The van der Waals surface area contributed by atoms with E-state index in [4.69, 9.17) is 0 Å².